The lowest BCUT2D eigenvalue weighted by molar-refractivity contribution is 0.308. The number of allylic oxidation sites excluding steroid dienone is 2. The fraction of sp³-hybridized carbons (Fsp3) is 0.310. The third-order valence-corrected chi connectivity index (χ3v) is 9.58. The van der Waals surface area contributed by atoms with Crippen LogP contribution in [-0.4, -0.2) is 64.8 Å². The zero-order valence-corrected chi connectivity index (χ0v) is 31.1. The van der Waals surface area contributed by atoms with Crippen molar-refractivity contribution >= 4 is 29.4 Å². The molecule has 9 nitrogen and oxygen atoms in total. The van der Waals surface area contributed by atoms with Gasteiger partial charge in [-0.25, -0.2) is 0 Å². The van der Waals surface area contributed by atoms with Crippen molar-refractivity contribution in [1.82, 2.24) is 29.9 Å². The van der Waals surface area contributed by atoms with Crippen molar-refractivity contribution in [2.45, 2.75) is 51.6 Å². The van der Waals surface area contributed by atoms with Crippen LogP contribution >= 0.6 is 0 Å². The van der Waals surface area contributed by atoms with Gasteiger partial charge in [0.1, 0.15) is 5.75 Å². The lowest BCUT2D eigenvalue weighted by Crippen LogP contribution is -2.28. The lowest BCUT2D eigenvalue weighted by atomic mass is 10.1. The molecule has 1 saturated heterocycles. The molecule has 2 atom stereocenters. The third-order valence-electron chi connectivity index (χ3n) is 9.58. The molecule has 5 rings (SSSR count). The van der Waals surface area contributed by atoms with Crippen molar-refractivity contribution < 1.29 is 4.74 Å². The van der Waals surface area contributed by atoms with Gasteiger partial charge in [0.15, 0.2) is 0 Å². The van der Waals surface area contributed by atoms with Gasteiger partial charge in [-0.05, 0) is 56.9 Å². The average Bonchev–Trinajstić information content (AvgIpc) is 3.74. The normalized spacial score (nSPS) is 18.1. The number of benzene rings is 1. The molecule has 3 aliphatic rings. The van der Waals surface area contributed by atoms with Gasteiger partial charge in [0, 0.05) is 105 Å². The smallest absolute Gasteiger partial charge is 0.124 e. The molecule has 268 valence electrons. The van der Waals surface area contributed by atoms with E-state index < -0.39 is 0 Å². The Labute approximate surface area is 304 Å². The van der Waals surface area contributed by atoms with Gasteiger partial charge in [0.05, 0.1) is 41.5 Å². The van der Waals surface area contributed by atoms with Crippen LogP contribution in [0.3, 0.4) is 0 Å². The Hall–Kier alpha value is -5.57. The Kier molecular flexibility index (Phi) is 11.2. The summed E-state index contributed by atoms with van der Waals surface area (Å²) in [5.41, 5.74) is 12.6. The first-order valence-electron chi connectivity index (χ1n) is 17.4. The molecule has 0 aliphatic carbocycles. The van der Waals surface area contributed by atoms with Gasteiger partial charge < -0.3 is 40.0 Å². The summed E-state index contributed by atoms with van der Waals surface area (Å²) < 4.78 is 8.24. The van der Waals surface area contributed by atoms with Crippen LogP contribution in [0.15, 0.2) is 128 Å². The largest absolute Gasteiger partial charge is 0.493 e. The average molecular weight is 687 g/mol. The van der Waals surface area contributed by atoms with Crippen LogP contribution < -0.4 is 20.7 Å². The second-order valence-electron chi connectivity index (χ2n) is 13.8. The first-order chi connectivity index (χ1) is 24.2. The number of aliphatic imine (C=N–C) groups is 1. The van der Waals surface area contributed by atoms with Crippen LogP contribution in [0.1, 0.15) is 49.4 Å². The zero-order valence-electron chi connectivity index (χ0n) is 31.1. The van der Waals surface area contributed by atoms with E-state index in [0.29, 0.717) is 6.61 Å². The molecule has 1 aromatic carbocycles. The van der Waals surface area contributed by atoms with E-state index >= 15 is 0 Å². The number of hydrogen-bond acceptors (Lipinski definition) is 8. The van der Waals surface area contributed by atoms with E-state index in [9.17, 15) is 0 Å². The van der Waals surface area contributed by atoms with Crippen LogP contribution in [0.5, 0.6) is 5.75 Å². The fourth-order valence-electron chi connectivity index (χ4n) is 6.75. The minimum atomic E-state index is 0.0994. The number of fused-ring (bicyclic) bond motifs is 2. The quantitative estimate of drug-likeness (QED) is 0.0936. The minimum Gasteiger partial charge on any atom is -0.493 e. The van der Waals surface area contributed by atoms with Gasteiger partial charge in [-0.3, -0.25) is 4.99 Å². The molecule has 0 saturated carbocycles. The van der Waals surface area contributed by atoms with Gasteiger partial charge in [-0.15, -0.1) is 0 Å². The highest BCUT2D eigenvalue weighted by Gasteiger charge is 2.30. The second-order valence-corrected chi connectivity index (χ2v) is 13.8. The molecule has 0 spiro atoms. The van der Waals surface area contributed by atoms with E-state index in [1.54, 1.807) is 0 Å². The molecule has 51 heavy (non-hydrogen) atoms. The van der Waals surface area contributed by atoms with Crippen LogP contribution in [-0.2, 0) is 7.05 Å². The Bertz CT molecular complexity index is 1870. The van der Waals surface area contributed by atoms with E-state index in [2.05, 4.69) is 104 Å². The lowest BCUT2D eigenvalue weighted by Gasteiger charge is -2.24. The Morgan fingerprint density at radius 1 is 1.10 bits per heavy atom. The molecule has 0 bridgehead atoms. The van der Waals surface area contributed by atoms with Crippen molar-refractivity contribution in [3.8, 4) is 5.75 Å². The number of ether oxygens (including phenoxy) is 1. The van der Waals surface area contributed by atoms with Gasteiger partial charge in [0.2, 0.25) is 0 Å². The number of nitrogens with zero attached hydrogens (tertiary/aromatic N) is 5. The van der Waals surface area contributed by atoms with Crippen LogP contribution in [0.4, 0.5) is 11.4 Å². The van der Waals surface area contributed by atoms with E-state index in [0.717, 1.165) is 106 Å². The van der Waals surface area contributed by atoms with E-state index in [1.165, 1.54) is 5.57 Å². The van der Waals surface area contributed by atoms with Gasteiger partial charge in [-0.2, -0.15) is 0 Å². The summed E-state index contributed by atoms with van der Waals surface area (Å²) in [6, 6.07) is 6.55. The van der Waals surface area contributed by atoms with Gasteiger partial charge >= 0.3 is 0 Å². The Morgan fingerprint density at radius 2 is 1.86 bits per heavy atom. The second kappa shape index (κ2) is 15.5. The summed E-state index contributed by atoms with van der Waals surface area (Å²) in [5, 5.41) is 10.3. The summed E-state index contributed by atoms with van der Waals surface area (Å²) >= 11 is 0. The molecule has 2 aromatic rings. The van der Waals surface area contributed by atoms with Crippen molar-refractivity contribution in [1.29, 1.82) is 0 Å². The van der Waals surface area contributed by atoms with E-state index in [-0.39, 0.29) is 12.1 Å². The molecular weight excluding hydrogens is 633 g/mol. The number of rotatable bonds is 16. The fourth-order valence-corrected chi connectivity index (χ4v) is 6.75. The molecular formula is C42H54N8O. The Morgan fingerprint density at radius 3 is 2.59 bits per heavy atom. The minimum absolute atomic E-state index is 0.0994. The molecule has 3 N–H and O–H groups in total. The molecule has 0 radical (unpaired) electrons. The summed E-state index contributed by atoms with van der Waals surface area (Å²) in [7, 11) is 6.01. The summed E-state index contributed by atoms with van der Waals surface area (Å²) in [4.78, 5) is 11.2. The van der Waals surface area contributed by atoms with Gasteiger partial charge in [-0.1, -0.05) is 51.6 Å². The van der Waals surface area contributed by atoms with Crippen LogP contribution in [0.25, 0.3) is 11.8 Å². The van der Waals surface area contributed by atoms with Crippen LogP contribution in [0, 0.1) is 6.92 Å². The maximum Gasteiger partial charge on any atom is 0.124 e. The maximum atomic E-state index is 6.21. The first kappa shape index (κ1) is 36.7. The molecule has 2 unspecified atom stereocenters. The standard InChI is InChI=1S/C42H54N8O/c1-13-37-19-35(25-48(37)11)46-32(7)41-20-36(26-49(41)12)45-31(6)33(8)47(10)24-30(5)44-29(4)15-14-16-51-42-21-40-39(18-28(42)3)34(9)50-23-27(2)17-38(50)22-43-40/h13,18-19,21-22,24-26,38,41,44-46H,1-2,4,6-9,14-17,20,23H2,3,5,10-12H3/b30-24+. The highest BCUT2D eigenvalue weighted by Crippen LogP contribution is 2.39. The molecule has 9 heteroatoms. The number of likely N-dealkylation sites (N-methyl/N-ethyl adjacent to an activating group) is 2. The van der Waals surface area contributed by atoms with Crippen molar-refractivity contribution in [3.05, 3.63) is 139 Å². The number of aromatic nitrogens is 1. The monoisotopic (exact) mass is 686 g/mol. The van der Waals surface area contributed by atoms with Gasteiger partial charge in [0.25, 0.3) is 0 Å². The summed E-state index contributed by atoms with van der Waals surface area (Å²) in [5.74, 6) is 0.848. The summed E-state index contributed by atoms with van der Waals surface area (Å²) in [6.45, 7) is 35.0. The van der Waals surface area contributed by atoms with Crippen LogP contribution in [0.2, 0.25) is 0 Å². The van der Waals surface area contributed by atoms with E-state index in [1.807, 2.05) is 61.2 Å². The maximum absolute atomic E-state index is 6.21. The molecule has 3 aliphatic heterocycles. The highest BCUT2D eigenvalue weighted by atomic mass is 16.5. The SMILES string of the molecule is C=Cc1cc(NC(=C)C2CC(NC(=C)C(=C)N(C)/C=C(\C)NC(=C)CCCOc3cc4c(cc3C)C(=C)N3CC(=C)CC3C=N4)=CN2C)cn1C. The topological polar surface area (TPSA) is 72.3 Å². The Balaban J connectivity index is 1.04. The predicted octanol–water partition coefficient (Wildman–Crippen LogP) is 8.14. The van der Waals surface area contributed by atoms with Crippen molar-refractivity contribution in [2.75, 3.05) is 32.6 Å². The zero-order chi connectivity index (χ0) is 37.0. The number of nitrogens with one attached hydrogen (secondary N) is 3. The highest BCUT2D eigenvalue weighted by molar-refractivity contribution is 5.84. The molecule has 4 heterocycles. The molecule has 0 amide bonds. The first-order valence-corrected chi connectivity index (χ1v) is 17.4. The van der Waals surface area contributed by atoms with Crippen molar-refractivity contribution in [2.24, 2.45) is 12.0 Å². The number of hydrogen-bond donors (Lipinski definition) is 3. The molecule has 1 fully saturated rings. The number of anilines is 1. The van der Waals surface area contributed by atoms with Crippen molar-refractivity contribution in [3.63, 3.8) is 0 Å². The summed E-state index contributed by atoms with van der Waals surface area (Å²) in [6.07, 6.45) is 13.2. The third kappa shape index (κ3) is 8.60. The molecule has 1 aromatic heterocycles. The van der Waals surface area contributed by atoms with E-state index in [4.69, 9.17) is 9.73 Å². The predicted molar refractivity (Wildman–Crippen MR) is 215 cm³/mol. The number of aryl methyl sites for hydroxylation is 2.